The number of rotatable bonds is 0. The first-order valence-electron chi connectivity index (χ1n) is 1.63. The van der Waals surface area contributed by atoms with E-state index >= 15 is 0 Å². The number of carboxylic acids is 1. The van der Waals surface area contributed by atoms with E-state index in [0.29, 0.717) is 0 Å². The maximum atomic E-state index is 9.00. The zero-order valence-corrected chi connectivity index (χ0v) is 9.41. The molecule has 0 aromatic carbocycles. The van der Waals surface area contributed by atoms with Gasteiger partial charge in [0, 0.05) is 6.92 Å². The van der Waals surface area contributed by atoms with Crippen molar-refractivity contribution < 1.29 is 80.2 Å². The van der Waals surface area contributed by atoms with Gasteiger partial charge in [0.1, 0.15) is 0 Å². The van der Waals surface area contributed by atoms with Crippen LogP contribution in [0.15, 0.2) is 0 Å². The van der Waals surface area contributed by atoms with Gasteiger partial charge in [-0.15, -0.1) is 0 Å². The van der Waals surface area contributed by atoms with Crippen LogP contribution in [-0.4, -0.2) is 28.6 Å². The van der Waals surface area contributed by atoms with Crippen molar-refractivity contribution in [2.75, 3.05) is 0 Å². The third kappa shape index (κ3) is 599. The summed E-state index contributed by atoms with van der Waals surface area (Å²) in [6.45, 7) is 1.08. The molecule has 10 heavy (non-hydrogen) atoms. The minimum atomic E-state index is -4.67. The zero-order chi connectivity index (χ0) is 8.08. The summed E-state index contributed by atoms with van der Waals surface area (Å²) in [5, 5.41) is 7.42. The Labute approximate surface area is 102 Å². The molecular weight excluding hydrogens is 191 g/mol. The van der Waals surface area contributed by atoms with Gasteiger partial charge in [-0.25, -0.2) is 0 Å². The standard InChI is InChI=1S/C2H4O2.K.H2O4S.H/c1-2(3)4;;1-5(2,3)4;/h1H3,(H,3,4);;(H2,1,2,3,4);/q;+1;;-1. The van der Waals surface area contributed by atoms with E-state index in [-0.39, 0.29) is 52.8 Å². The maximum absolute atomic E-state index is 9.00. The second-order valence-electron chi connectivity index (χ2n) is 0.967. The van der Waals surface area contributed by atoms with Gasteiger partial charge in [-0.2, -0.15) is 8.42 Å². The molecule has 0 unspecified atom stereocenters. The molecule has 0 aromatic heterocycles. The predicted octanol–water partition coefficient (Wildman–Crippen LogP) is -3.45. The molecule has 0 aromatic rings. The van der Waals surface area contributed by atoms with E-state index in [0.717, 1.165) is 6.92 Å². The first-order valence-corrected chi connectivity index (χ1v) is 3.02. The van der Waals surface area contributed by atoms with Gasteiger partial charge in [0.15, 0.2) is 0 Å². The number of hydrogen-bond donors (Lipinski definition) is 3. The van der Waals surface area contributed by atoms with Gasteiger partial charge in [-0.3, -0.25) is 13.9 Å². The number of hydrogen-bond acceptors (Lipinski definition) is 3. The van der Waals surface area contributed by atoms with Crippen LogP contribution in [0.5, 0.6) is 0 Å². The molecule has 0 spiro atoms. The predicted molar refractivity (Wildman–Crippen MR) is 28.6 cm³/mol. The quantitative estimate of drug-likeness (QED) is 0.276. The molecule has 58 valence electrons. The summed E-state index contributed by atoms with van der Waals surface area (Å²) in [4.78, 5) is 9.00. The zero-order valence-electron chi connectivity index (χ0n) is 6.47. The molecule has 0 bridgehead atoms. The number of carbonyl (C=O) groups is 1. The van der Waals surface area contributed by atoms with Crippen LogP contribution in [0.4, 0.5) is 0 Å². The minimum absolute atomic E-state index is 0. The third-order valence-corrected chi connectivity index (χ3v) is 0. The smallest absolute Gasteiger partial charge is 1.00 e. The first kappa shape index (κ1) is 17.2. The summed E-state index contributed by atoms with van der Waals surface area (Å²) in [7, 11) is -4.67. The molecule has 0 rings (SSSR count). The maximum Gasteiger partial charge on any atom is 1.00 e. The summed E-state index contributed by atoms with van der Waals surface area (Å²) in [5.41, 5.74) is 0. The Morgan fingerprint density at radius 3 is 1.40 bits per heavy atom. The fraction of sp³-hybridized carbons (Fsp3) is 0.500. The molecule has 0 heterocycles. The molecule has 0 amide bonds. The van der Waals surface area contributed by atoms with E-state index in [2.05, 4.69) is 0 Å². The van der Waals surface area contributed by atoms with Gasteiger partial charge in [0.2, 0.25) is 0 Å². The van der Waals surface area contributed by atoms with Crippen molar-refractivity contribution in [3.63, 3.8) is 0 Å². The van der Waals surface area contributed by atoms with Crippen LogP contribution in [0.1, 0.15) is 8.35 Å². The topological polar surface area (TPSA) is 112 Å². The van der Waals surface area contributed by atoms with E-state index < -0.39 is 16.4 Å². The molecular formula is C2H7KO6S. The molecule has 3 N–H and O–H groups in total. The molecule has 0 aliphatic heterocycles. The molecule has 6 nitrogen and oxygen atoms in total. The summed E-state index contributed by atoms with van der Waals surface area (Å²) in [5.74, 6) is -0.833. The van der Waals surface area contributed by atoms with Gasteiger partial charge in [0.05, 0.1) is 0 Å². The van der Waals surface area contributed by atoms with Crippen LogP contribution in [0.2, 0.25) is 0 Å². The van der Waals surface area contributed by atoms with Gasteiger partial charge in [0.25, 0.3) is 5.97 Å². The molecule has 0 aliphatic rings. The van der Waals surface area contributed by atoms with Crippen LogP contribution in [-0.2, 0) is 15.2 Å². The van der Waals surface area contributed by atoms with E-state index in [4.69, 9.17) is 27.4 Å². The van der Waals surface area contributed by atoms with Crippen molar-refractivity contribution in [2.24, 2.45) is 0 Å². The van der Waals surface area contributed by atoms with Gasteiger partial charge < -0.3 is 6.53 Å². The third-order valence-electron chi connectivity index (χ3n) is 0. The van der Waals surface area contributed by atoms with E-state index in [1.807, 2.05) is 0 Å². The van der Waals surface area contributed by atoms with Crippen molar-refractivity contribution in [1.82, 2.24) is 0 Å². The second-order valence-corrected chi connectivity index (χ2v) is 1.86. The van der Waals surface area contributed by atoms with Crippen molar-refractivity contribution >= 4 is 16.4 Å². The average molecular weight is 198 g/mol. The molecule has 0 fully saturated rings. The molecule has 0 aliphatic carbocycles. The molecule has 8 heteroatoms. The molecule has 0 saturated heterocycles. The van der Waals surface area contributed by atoms with Gasteiger partial charge >= 0.3 is 61.8 Å². The van der Waals surface area contributed by atoms with Crippen LogP contribution in [0.3, 0.4) is 0 Å². The minimum Gasteiger partial charge on any atom is -1.00 e. The van der Waals surface area contributed by atoms with Gasteiger partial charge in [-0.05, 0) is 0 Å². The van der Waals surface area contributed by atoms with Crippen LogP contribution < -0.4 is 51.4 Å². The van der Waals surface area contributed by atoms with Gasteiger partial charge in [-0.1, -0.05) is 0 Å². The summed E-state index contributed by atoms with van der Waals surface area (Å²) >= 11 is 0. The Morgan fingerprint density at radius 1 is 1.40 bits per heavy atom. The Kier molecular flexibility index (Phi) is 13.9. The Bertz CT molecular complexity index is 163. The SMILES string of the molecule is CC(=O)O.O=S(=O)(O)O.[H-].[K+]. The van der Waals surface area contributed by atoms with Crippen molar-refractivity contribution in [3.8, 4) is 0 Å². The summed E-state index contributed by atoms with van der Waals surface area (Å²) in [6.07, 6.45) is 0. The average Bonchev–Trinajstić information content (AvgIpc) is 1.19. The second kappa shape index (κ2) is 8.08. The van der Waals surface area contributed by atoms with Crippen molar-refractivity contribution in [2.45, 2.75) is 6.92 Å². The molecule has 0 atom stereocenters. The molecule has 0 radical (unpaired) electrons. The Morgan fingerprint density at radius 2 is 1.40 bits per heavy atom. The monoisotopic (exact) mass is 198 g/mol. The van der Waals surface area contributed by atoms with Crippen molar-refractivity contribution in [3.05, 3.63) is 0 Å². The van der Waals surface area contributed by atoms with E-state index in [1.165, 1.54) is 0 Å². The van der Waals surface area contributed by atoms with Crippen molar-refractivity contribution in [1.29, 1.82) is 0 Å². The number of carboxylic acid groups (broad SMARTS) is 1. The van der Waals surface area contributed by atoms with Crippen LogP contribution >= 0.6 is 0 Å². The Hall–Kier alpha value is 0.976. The van der Waals surface area contributed by atoms with Crippen LogP contribution in [0, 0.1) is 0 Å². The normalized spacial score (nSPS) is 8.30. The first-order chi connectivity index (χ1) is 3.73. The Balaban J connectivity index is -0.0000000383. The van der Waals surface area contributed by atoms with E-state index in [9.17, 15) is 0 Å². The fourth-order valence-electron chi connectivity index (χ4n) is 0. The fourth-order valence-corrected chi connectivity index (χ4v) is 0. The summed E-state index contributed by atoms with van der Waals surface area (Å²) in [6, 6.07) is 0. The van der Waals surface area contributed by atoms with E-state index in [1.54, 1.807) is 0 Å². The number of aliphatic carboxylic acids is 1. The van der Waals surface area contributed by atoms with Crippen LogP contribution in [0.25, 0.3) is 0 Å². The largest absolute Gasteiger partial charge is 1.00 e. The summed E-state index contributed by atoms with van der Waals surface area (Å²) < 4.78 is 31.6. The molecule has 0 saturated carbocycles.